The molecule has 2 aromatic rings. The molecule has 0 heterocycles. The minimum absolute atomic E-state index is 0.0109. The molecule has 0 fully saturated rings. The van der Waals surface area contributed by atoms with Gasteiger partial charge in [0.25, 0.3) is 5.91 Å². The van der Waals surface area contributed by atoms with Crippen LogP contribution in [0.1, 0.15) is 10.4 Å². The first-order valence-corrected chi connectivity index (χ1v) is 10.3. The maximum Gasteiger partial charge on any atom is 0.341 e. The van der Waals surface area contributed by atoms with E-state index in [1.165, 1.54) is 44.4 Å². The molecular formula is C17H15BrClFN2O5S. The van der Waals surface area contributed by atoms with Crippen LogP contribution in [0.25, 0.3) is 0 Å². The Labute approximate surface area is 174 Å². The molecule has 11 heteroatoms. The summed E-state index contributed by atoms with van der Waals surface area (Å²) in [5.41, 5.74) is -0.187. The first kappa shape index (κ1) is 22.3. The first-order chi connectivity index (χ1) is 13.0. The normalized spacial score (nSPS) is 11.4. The molecule has 150 valence electrons. The third-order valence-corrected chi connectivity index (χ3v) is 6.25. The van der Waals surface area contributed by atoms with Crippen LogP contribution in [0.15, 0.2) is 45.8 Å². The van der Waals surface area contributed by atoms with E-state index in [4.69, 9.17) is 16.3 Å². The standard InChI is InChI=1S/C17H15BrClFN2O5S/c1-22(2)28(25,26)15-8-11(4-5-13(15)19)21-16(23)9-27-17(24)12-7-10(18)3-6-14(12)20/h3-8H,9H2,1-2H3,(H,21,23). The monoisotopic (exact) mass is 492 g/mol. The van der Waals surface area contributed by atoms with Gasteiger partial charge >= 0.3 is 5.97 Å². The van der Waals surface area contributed by atoms with E-state index in [-0.39, 0.29) is 21.2 Å². The Morgan fingerprint density at radius 3 is 2.54 bits per heavy atom. The number of hydrogen-bond acceptors (Lipinski definition) is 5. The fourth-order valence-electron chi connectivity index (χ4n) is 2.04. The third kappa shape index (κ3) is 5.28. The first-order valence-electron chi connectivity index (χ1n) is 7.66. The van der Waals surface area contributed by atoms with E-state index in [1.54, 1.807) is 0 Å². The predicted octanol–water partition coefficient (Wildman–Crippen LogP) is 3.29. The molecule has 0 aromatic heterocycles. The van der Waals surface area contributed by atoms with Crippen molar-refractivity contribution in [2.45, 2.75) is 4.90 Å². The number of ether oxygens (including phenoxy) is 1. The lowest BCUT2D eigenvalue weighted by atomic mass is 10.2. The van der Waals surface area contributed by atoms with Crippen LogP contribution in [0.2, 0.25) is 5.02 Å². The quantitative estimate of drug-likeness (QED) is 0.624. The molecule has 0 atom stereocenters. The van der Waals surface area contributed by atoms with Crippen LogP contribution < -0.4 is 5.32 Å². The average Bonchev–Trinajstić information content (AvgIpc) is 2.63. The molecule has 0 aliphatic carbocycles. The van der Waals surface area contributed by atoms with Gasteiger partial charge in [-0.05, 0) is 36.4 Å². The molecule has 0 bridgehead atoms. The van der Waals surface area contributed by atoms with Gasteiger partial charge in [-0.25, -0.2) is 21.9 Å². The van der Waals surface area contributed by atoms with Crippen molar-refractivity contribution in [3.8, 4) is 0 Å². The largest absolute Gasteiger partial charge is 0.452 e. The highest BCUT2D eigenvalue weighted by atomic mass is 79.9. The highest BCUT2D eigenvalue weighted by Crippen LogP contribution is 2.26. The van der Waals surface area contributed by atoms with Gasteiger partial charge in [0.05, 0.1) is 10.6 Å². The molecule has 28 heavy (non-hydrogen) atoms. The second-order valence-corrected chi connectivity index (χ2v) is 9.12. The van der Waals surface area contributed by atoms with E-state index in [0.717, 1.165) is 10.4 Å². The molecule has 0 aliphatic heterocycles. The summed E-state index contributed by atoms with van der Waals surface area (Å²) in [7, 11) is -1.13. The number of nitrogens with one attached hydrogen (secondary N) is 1. The minimum atomic E-state index is -3.82. The smallest absolute Gasteiger partial charge is 0.341 e. The van der Waals surface area contributed by atoms with Crippen LogP contribution in [0.5, 0.6) is 0 Å². The lowest BCUT2D eigenvalue weighted by molar-refractivity contribution is -0.119. The predicted molar refractivity (Wildman–Crippen MR) is 105 cm³/mol. The summed E-state index contributed by atoms with van der Waals surface area (Å²) < 4.78 is 44.4. The van der Waals surface area contributed by atoms with Gasteiger partial charge < -0.3 is 10.1 Å². The highest BCUT2D eigenvalue weighted by Gasteiger charge is 2.22. The van der Waals surface area contributed by atoms with Crippen LogP contribution in [0.3, 0.4) is 0 Å². The molecule has 2 rings (SSSR count). The SMILES string of the molecule is CN(C)S(=O)(=O)c1cc(NC(=O)COC(=O)c2cc(Br)ccc2F)ccc1Cl. The number of hydrogen-bond donors (Lipinski definition) is 1. The van der Waals surface area contributed by atoms with Crippen LogP contribution >= 0.6 is 27.5 Å². The fourth-order valence-corrected chi connectivity index (χ4v) is 3.79. The average molecular weight is 494 g/mol. The maximum atomic E-state index is 13.7. The lowest BCUT2D eigenvalue weighted by Gasteiger charge is -2.14. The van der Waals surface area contributed by atoms with Gasteiger partial charge in [-0.15, -0.1) is 0 Å². The van der Waals surface area contributed by atoms with Crippen molar-refractivity contribution in [3.63, 3.8) is 0 Å². The van der Waals surface area contributed by atoms with E-state index in [0.29, 0.717) is 4.47 Å². The van der Waals surface area contributed by atoms with Gasteiger partial charge in [0.2, 0.25) is 10.0 Å². The molecule has 0 saturated carbocycles. The number of nitrogens with zero attached hydrogens (tertiary/aromatic N) is 1. The number of sulfonamides is 1. The summed E-state index contributed by atoms with van der Waals surface area (Å²) in [6.07, 6.45) is 0. The molecule has 1 N–H and O–H groups in total. The lowest BCUT2D eigenvalue weighted by Crippen LogP contribution is -2.24. The molecule has 0 radical (unpaired) electrons. The van der Waals surface area contributed by atoms with Gasteiger partial charge in [0.15, 0.2) is 6.61 Å². The molecule has 0 spiro atoms. The Morgan fingerprint density at radius 2 is 1.89 bits per heavy atom. The highest BCUT2D eigenvalue weighted by molar-refractivity contribution is 9.10. The Hall–Kier alpha value is -2.01. The number of carbonyl (C=O) groups excluding carboxylic acids is 2. The second kappa shape index (κ2) is 8.99. The topological polar surface area (TPSA) is 92.8 Å². The van der Waals surface area contributed by atoms with Gasteiger partial charge in [-0.1, -0.05) is 27.5 Å². The number of esters is 1. The van der Waals surface area contributed by atoms with Crippen molar-refractivity contribution >= 4 is 55.1 Å². The van der Waals surface area contributed by atoms with Crippen molar-refractivity contribution in [3.05, 3.63) is 57.3 Å². The molecule has 0 saturated heterocycles. The fraction of sp³-hybridized carbons (Fsp3) is 0.176. The van der Waals surface area contributed by atoms with Crippen molar-refractivity contribution < 1.29 is 27.1 Å². The van der Waals surface area contributed by atoms with Crippen molar-refractivity contribution in [1.82, 2.24) is 4.31 Å². The summed E-state index contributed by atoms with van der Waals surface area (Å²) in [5, 5.41) is 2.38. The molecule has 0 aliphatic rings. The van der Waals surface area contributed by atoms with Crippen LogP contribution in [0, 0.1) is 5.82 Å². The number of anilines is 1. The van der Waals surface area contributed by atoms with E-state index in [9.17, 15) is 22.4 Å². The zero-order valence-corrected chi connectivity index (χ0v) is 17.9. The van der Waals surface area contributed by atoms with Gasteiger partial charge in [-0.3, -0.25) is 4.79 Å². The molecule has 0 unspecified atom stereocenters. The summed E-state index contributed by atoms with van der Waals surface area (Å²) >= 11 is 9.04. The summed E-state index contributed by atoms with van der Waals surface area (Å²) in [6.45, 7) is -0.691. The zero-order valence-electron chi connectivity index (χ0n) is 14.7. The Morgan fingerprint density at radius 1 is 1.21 bits per heavy atom. The maximum absolute atomic E-state index is 13.7. The molecule has 1 amide bonds. The van der Waals surface area contributed by atoms with E-state index >= 15 is 0 Å². The number of rotatable bonds is 6. The number of carbonyl (C=O) groups is 2. The van der Waals surface area contributed by atoms with E-state index in [1.807, 2.05) is 0 Å². The summed E-state index contributed by atoms with van der Waals surface area (Å²) in [5.74, 6) is -2.54. The van der Waals surface area contributed by atoms with Crippen LogP contribution in [-0.4, -0.2) is 45.3 Å². The van der Waals surface area contributed by atoms with Gasteiger partial charge in [0, 0.05) is 24.3 Å². The summed E-state index contributed by atoms with van der Waals surface area (Å²) in [6, 6.07) is 7.62. The molecular weight excluding hydrogens is 479 g/mol. The van der Waals surface area contributed by atoms with Gasteiger partial charge in [0.1, 0.15) is 10.7 Å². The van der Waals surface area contributed by atoms with E-state index in [2.05, 4.69) is 21.2 Å². The number of benzene rings is 2. The Balaban J connectivity index is 2.08. The van der Waals surface area contributed by atoms with Crippen molar-refractivity contribution in [2.24, 2.45) is 0 Å². The van der Waals surface area contributed by atoms with Crippen LogP contribution in [0.4, 0.5) is 10.1 Å². The number of halogens is 3. The van der Waals surface area contributed by atoms with E-state index < -0.39 is 34.3 Å². The minimum Gasteiger partial charge on any atom is -0.452 e. The Bertz CT molecular complexity index is 1030. The third-order valence-electron chi connectivity index (χ3n) is 3.46. The van der Waals surface area contributed by atoms with Crippen LogP contribution in [-0.2, 0) is 19.6 Å². The molecule has 2 aromatic carbocycles. The second-order valence-electron chi connectivity index (χ2n) is 5.68. The van der Waals surface area contributed by atoms with Crippen molar-refractivity contribution in [2.75, 3.05) is 26.0 Å². The Kier molecular flexibility index (Phi) is 7.16. The molecule has 7 nitrogen and oxygen atoms in total. The van der Waals surface area contributed by atoms with Crippen molar-refractivity contribution in [1.29, 1.82) is 0 Å². The number of amides is 1. The zero-order chi connectivity index (χ0) is 21.1. The summed E-state index contributed by atoms with van der Waals surface area (Å²) in [4.78, 5) is 23.7. The van der Waals surface area contributed by atoms with Gasteiger partial charge in [-0.2, -0.15) is 0 Å².